The number of carbonyl (C=O) groups is 1. The third kappa shape index (κ3) is 3.33. The molecule has 0 saturated heterocycles. The predicted molar refractivity (Wildman–Crippen MR) is 108 cm³/mol. The van der Waals surface area contributed by atoms with Gasteiger partial charge >= 0.3 is 0 Å². The van der Waals surface area contributed by atoms with Gasteiger partial charge in [-0.05, 0) is 37.0 Å². The standard InChI is InChI=1S/C22H22N4O2/c1-13(2)18-12-17(19-14(3)26-28-22(19)25-18)21(27)24-11-9-16-7-4-6-15-8-5-10-23-20(15)16/h4-8,10,12-13H,9,11H2,1-3H3,(H,24,27). The Morgan fingerprint density at radius 3 is 2.86 bits per heavy atom. The topological polar surface area (TPSA) is 80.9 Å². The van der Waals surface area contributed by atoms with Crippen LogP contribution in [0.2, 0.25) is 0 Å². The van der Waals surface area contributed by atoms with E-state index >= 15 is 0 Å². The molecule has 6 nitrogen and oxygen atoms in total. The SMILES string of the molecule is Cc1noc2nc(C(C)C)cc(C(=O)NCCc3cccc4cccnc34)c12. The summed E-state index contributed by atoms with van der Waals surface area (Å²) < 4.78 is 5.30. The molecule has 0 radical (unpaired) electrons. The third-order valence-corrected chi connectivity index (χ3v) is 4.87. The number of carbonyl (C=O) groups excluding carboxylic acids is 1. The van der Waals surface area contributed by atoms with Crippen molar-refractivity contribution in [3.63, 3.8) is 0 Å². The highest BCUT2D eigenvalue weighted by atomic mass is 16.5. The lowest BCUT2D eigenvalue weighted by atomic mass is 10.0. The third-order valence-electron chi connectivity index (χ3n) is 4.87. The van der Waals surface area contributed by atoms with Crippen molar-refractivity contribution in [2.75, 3.05) is 6.54 Å². The van der Waals surface area contributed by atoms with Crippen LogP contribution in [0.25, 0.3) is 22.0 Å². The lowest BCUT2D eigenvalue weighted by molar-refractivity contribution is 0.0955. The Labute approximate surface area is 163 Å². The number of pyridine rings is 2. The fraction of sp³-hybridized carbons (Fsp3) is 0.273. The molecule has 0 spiro atoms. The van der Waals surface area contributed by atoms with Crippen molar-refractivity contribution in [1.82, 2.24) is 20.4 Å². The van der Waals surface area contributed by atoms with Gasteiger partial charge in [0.25, 0.3) is 11.6 Å². The van der Waals surface area contributed by atoms with Crippen molar-refractivity contribution in [3.05, 3.63) is 65.1 Å². The highest BCUT2D eigenvalue weighted by Gasteiger charge is 2.19. The molecule has 0 aliphatic rings. The first-order valence-electron chi connectivity index (χ1n) is 9.42. The number of aryl methyl sites for hydroxylation is 1. The van der Waals surface area contributed by atoms with E-state index in [1.54, 1.807) is 6.20 Å². The molecular weight excluding hydrogens is 352 g/mol. The van der Waals surface area contributed by atoms with Gasteiger partial charge in [-0.25, -0.2) is 4.98 Å². The van der Waals surface area contributed by atoms with Crippen LogP contribution in [0.5, 0.6) is 0 Å². The zero-order chi connectivity index (χ0) is 19.7. The Balaban J connectivity index is 1.56. The summed E-state index contributed by atoms with van der Waals surface area (Å²) >= 11 is 0. The summed E-state index contributed by atoms with van der Waals surface area (Å²) in [5.41, 5.74) is 4.54. The van der Waals surface area contributed by atoms with Crippen LogP contribution in [0.4, 0.5) is 0 Å². The quantitative estimate of drug-likeness (QED) is 0.567. The van der Waals surface area contributed by atoms with Crippen LogP contribution in [-0.2, 0) is 6.42 Å². The molecule has 6 heteroatoms. The van der Waals surface area contributed by atoms with Crippen molar-refractivity contribution >= 4 is 27.9 Å². The lowest BCUT2D eigenvalue weighted by Gasteiger charge is -2.10. The molecule has 4 rings (SSSR count). The van der Waals surface area contributed by atoms with Gasteiger partial charge < -0.3 is 9.84 Å². The number of benzene rings is 1. The number of hydrogen-bond acceptors (Lipinski definition) is 5. The van der Waals surface area contributed by atoms with Gasteiger partial charge in [0.2, 0.25) is 0 Å². The first-order valence-corrected chi connectivity index (χ1v) is 9.42. The first kappa shape index (κ1) is 18.1. The number of fused-ring (bicyclic) bond motifs is 2. The number of aromatic nitrogens is 3. The van der Waals surface area contributed by atoms with Crippen LogP contribution in [0.3, 0.4) is 0 Å². The van der Waals surface area contributed by atoms with Crippen molar-refractivity contribution in [3.8, 4) is 0 Å². The van der Waals surface area contributed by atoms with Crippen molar-refractivity contribution < 1.29 is 9.32 Å². The molecule has 1 aromatic carbocycles. The predicted octanol–water partition coefficient (Wildman–Crippen LogP) is 4.18. The van der Waals surface area contributed by atoms with Gasteiger partial charge in [-0.2, -0.15) is 0 Å². The summed E-state index contributed by atoms with van der Waals surface area (Å²) in [5.74, 6) is 0.0388. The number of nitrogens with zero attached hydrogens (tertiary/aromatic N) is 3. The molecule has 3 heterocycles. The minimum atomic E-state index is -0.145. The second-order valence-corrected chi connectivity index (χ2v) is 7.20. The van der Waals surface area contributed by atoms with Gasteiger partial charge in [-0.3, -0.25) is 9.78 Å². The summed E-state index contributed by atoms with van der Waals surface area (Å²) in [6.45, 7) is 6.40. The summed E-state index contributed by atoms with van der Waals surface area (Å²) in [6.07, 6.45) is 2.49. The molecule has 0 saturated carbocycles. The molecule has 142 valence electrons. The van der Waals surface area contributed by atoms with Crippen LogP contribution in [0, 0.1) is 6.92 Å². The Morgan fingerprint density at radius 2 is 2.04 bits per heavy atom. The van der Waals surface area contributed by atoms with Crippen LogP contribution in [-0.4, -0.2) is 27.6 Å². The summed E-state index contributed by atoms with van der Waals surface area (Å²) in [6, 6.07) is 11.9. The number of rotatable bonds is 5. The number of hydrogen-bond donors (Lipinski definition) is 1. The zero-order valence-corrected chi connectivity index (χ0v) is 16.2. The van der Waals surface area contributed by atoms with Crippen LogP contribution < -0.4 is 5.32 Å². The van der Waals surface area contributed by atoms with Gasteiger partial charge in [0, 0.05) is 23.8 Å². The number of nitrogens with one attached hydrogen (secondary N) is 1. The molecular formula is C22H22N4O2. The highest BCUT2D eigenvalue weighted by Crippen LogP contribution is 2.25. The molecule has 0 aliphatic heterocycles. The average Bonchev–Trinajstić information content (AvgIpc) is 3.08. The van der Waals surface area contributed by atoms with Crippen LogP contribution in [0.1, 0.15) is 47.1 Å². The minimum Gasteiger partial charge on any atom is -0.352 e. The maximum atomic E-state index is 12.9. The Kier molecular flexibility index (Phi) is 4.77. The van der Waals surface area contributed by atoms with E-state index in [1.165, 1.54) is 0 Å². The molecule has 4 aromatic rings. The normalized spacial score (nSPS) is 11.4. The lowest BCUT2D eigenvalue weighted by Crippen LogP contribution is -2.26. The van der Waals surface area contributed by atoms with E-state index in [0.717, 1.165) is 22.2 Å². The second-order valence-electron chi connectivity index (χ2n) is 7.20. The summed E-state index contributed by atoms with van der Waals surface area (Å²) in [5, 5.41) is 8.77. The molecule has 0 fully saturated rings. The Morgan fingerprint density at radius 1 is 1.21 bits per heavy atom. The Hall–Kier alpha value is -3.28. The van der Waals surface area contributed by atoms with E-state index in [1.807, 2.05) is 57.2 Å². The van der Waals surface area contributed by atoms with E-state index in [0.29, 0.717) is 35.3 Å². The fourth-order valence-corrected chi connectivity index (χ4v) is 3.36. The zero-order valence-electron chi connectivity index (χ0n) is 16.2. The molecule has 0 aliphatic carbocycles. The van der Waals surface area contributed by atoms with Crippen molar-refractivity contribution in [2.24, 2.45) is 0 Å². The van der Waals surface area contributed by atoms with Gasteiger partial charge in [-0.1, -0.05) is 43.3 Å². The smallest absolute Gasteiger partial charge is 0.259 e. The van der Waals surface area contributed by atoms with E-state index in [2.05, 4.69) is 20.4 Å². The molecule has 0 bridgehead atoms. The largest absolute Gasteiger partial charge is 0.352 e. The van der Waals surface area contributed by atoms with E-state index in [9.17, 15) is 4.79 Å². The van der Waals surface area contributed by atoms with E-state index in [-0.39, 0.29) is 11.8 Å². The Bertz CT molecular complexity index is 1160. The number of para-hydroxylation sites is 1. The molecule has 0 unspecified atom stereocenters. The highest BCUT2D eigenvalue weighted by molar-refractivity contribution is 6.06. The molecule has 1 N–H and O–H groups in total. The average molecular weight is 374 g/mol. The van der Waals surface area contributed by atoms with Crippen molar-refractivity contribution in [2.45, 2.75) is 33.1 Å². The maximum absolute atomic E-state index is 12.9. The number of amides is 1. The fourth-order valence-electron chi connectivity index (χ4n) is 3.36. The first-order chi connectivity index (χ1) is 13.5. The van der Waals surface area contributed by atoms with Gasteiger partial charge in [0.15, 0.2) is 0 Å². The van der Waals surface area contributed by atoms with Crippen molar-refractivity contribution in [1.29, 1.82) is 0 Å². The molecule has 0 atom stereocenters. The van der Waals surface area contributed by atoms with E-state index < -0.39 is 0 Å². The van der Waals surface area contributed by atoms with Crippen LogP contribution >= 0.6 is 0 Å². The van der Waals surface area contributed by atoms with Gasteiger partial charge in [-0.15, -0.1) is 0 Å². The monoisotopic (exact) mass is 374 g/mol. The molecule has 28 heavy (non-hydrogen) atoms. The van der Waals surface area contributed by atoms with E-state index in [4.69, 9.17) is 4.52 Å². The van der Waals surface area contributed by atoms with Gasteiger partial charge in [0.05, 0.1) is 22.2 Å². The van der Waals surface area contributed by atoms with Gasteiger partial charge in [0.1, 0.15) is 0 Å². The summed E-state index contributed by atoms with van der Waals surface area (Å²) in [4.78, 5) is 21.9. The molecule has 1 amide bonds. The van der Waals surface area contributed by atoms with Crippen LogP contribution in [0.15, 0.2) is 47.1 Å². The minimum absolute atomic E-state index is 0.145. The second kappa shape index (κ2) is 7.38. The summed E-state index contributed by atoms with van der Waals surface area (Å²) in [7, 11) is 0. The molecule has 3 aromatic heterocycles. The maximum Gasteiger partial charge on any atom is 0.259 e.